The predicted molar refractivity (Wildman–Crippen MR) is 137 cm³/mol. The molecule has 1 aliphatic rings. The molecule has 0 aliphatic carbocycles. The molecule has 2 aromatic carbocycles. The third kappa shape index (κ3) is 7.06. The number of nitrogens with one attached hydrogen (secondary N) is 1. The number of amides is 1. The highest BCUT2D eigenvalue weighted by Crippen LogP contribution is 2.25. The maximum Gasteiger partial charge on any atom is 0.251 e. The number of aryl methyl sites for hydroxylation is 3. The zero-order valence-electron chi connectivity index (χ0n) is 19.9. The van der Waals surface area contributed by atoms with E-state index >= 15 is 0 Å². The lowest BCUT2D eigenvalue weighted by molar-refractivity contribution is -0.112. The molecule has 0 spiro atoms. The third-order valence-corrected chi connectivity index (χ3v) is 5.85. The summed E-state index contributed by atoms with van der Waals surface area (Å²) >= 11 is 0. The molecule has 1 amide bonds. The third-order valence-electron chi connectivity index (χ3n) is 5.85. The number of morpholine rings is 1. The highest BCUT2D eigenvalue weighted by molar-refractivity contribution is 6.05. The normalized spacial score (nSPS) is 14.4. The summed E-state index contributed by atoms with van der Waals surface area (Å²) in [5.41, 5.74) is 7.37. The van der Waals surface area contributed by atoms with Gasteiger partial charge in [-0.05, 0) is 61.2 Å². The Morgan fingerprint density at radius 1 is 1.12 bits per heavy atom. The smallest absolute Gasteiger partial charge is 0.251 e. The van der Waals surface area contributed by atoms with Crippen molar-refractivity contribution in [2.75, 3.05) is 36.5 Å². The first-order chi connectivity index (χ1) is 16.0. The Balaban J connectivity index is 1.62. The van der Waals surface area contributed by atoms with Gasteiger partial charge < -0.3 is 15.0 Å². The first-order valence-electron chi connectivity index (χ1n) is 11.4. The average Bonchev–Trinajstić information content (AvgIpc) is 2.81. The van der Waals surface area contributed by atoms with Gasteiger partial charge in [0.1, 0.15) is 0 Å². The van der Waals surface area contributed by atoms with Crippen LogP contribution in [0.2, 0.25) is 0 Å². The Morgan fingerprint density at radius 3 is 2.61 bits per heavy atom. The molecule has 0 aromatic heterocycles. The Kier molecular flexibility index (Phi) is 8.86. The van der Waals surface area contributed by atoms with Crippen LogP contribution in [0.1, 0.15) is 35.1 Å². The second-order valence-corrected chi connectivity index (χ2v) is 8.34. The van der Waals surface area contributed by atoms with Gasteiger partial charge >= 0.3 is 0 Å². The topological polar surface area (TPSA) is 53.9 Å². The molecule has 1 aliphatic heterocycles. The van der Waals surface area contributed by atoms with E-state index in [0.717, 1.165) is 43.1 Å². The second-order valence-electron chi connectivity index (χ2n) is 8.34. The van der Waals surface area contributed by atoms with Crippen molar-refractivity contribution in [3.8, 4) is 12.3 Å². The van der Waals surface area contributed by atoms with Crippen LogP contribution in [0.15, 0.2) is 53.0 Å². The number of hydrogen-bond acceptors (Lipinski definition) is 4. The van der Waals surface area contributed by atoms with E-state index in [2.05, 4.69) is 66.2 Å². The Labute approximate surface area is 197 Å². The lowest BCUT2D eigenvalue weighted by Crippen LogP contribution is -2.36. The van der Waals surface area contributed by atoms with E-state index in [4.69, 9.17) is 11.2 Å². The van der Waals surface area contributed by atoms with Gasteiger partial charge in [0.15, 0.2) is 0 Å². The van der Waals surface area contributed by atoms with Gasteiger partial charge in [-0.3, -0.25) is 9.79 Å². The number of hydrogen-bond donors (Lipinski definition) is 1. The van der Waals surface area contributed by atoms with E-state index in [1.165, 1.54) is 16.8 Å². The van der Waals surface area contributed by atoms with Crippen LogP contribution >= 0.6 is 0 Å². The molecule has 0 unspecified atom stereocenters. The Bertz CT molecular complexity index is 1070. The number of aliphatic imine (C=N–C) groups is 1. The molecule has 1 saturated heterocycles. The van der Waals surface area contributed by atoms with Crippen molar-refractivity contribution in [1.29, 1.82) is 0 Å². The van der Waals surface area contributed by atoms with Crippen molar-refractivity contribution in [3.05, 3.63) is 70.3 Å². The van der Waals surface area contributed by atoms with Crippen LogP contribution in [0.4, 0.5) is 11.4 Å². The molecule has 1 N–H and O–H groups in total. The molecule has 5 nitrogen and oxygen atoms in total. The first kappa shape index (κ1) is 24.3. The van der Waals surface area contributed by atoms with Crippen LogP contribution in [-0.4, -0.2) is 38.4 Å². The number of nitrogens with zero attached hydrogens (tertiary/aromatic N) is 2. The van der Waals surface area contributed by atoms with Gasteiger partial charge in [-0.2, -0.15) is 0 Å². The average molecular weight is 444 g/mol. The standard InChI is InChI=1S/C28H33N3O2/c1-5-6-7-25(12-13-29-20-24-9-8-21(2)22(3)18-24)28(32)30-26-10-11-27(23(4)19-26)31-14-16-33-17-15-31/h1,7-11,13,18-19H,6,12,14-17,20H2,2-4H3,(H,30,32)/b25-7+,29-13?. The van der Waals surface area contributed by atoms with Crippen LogP contribution < -0.4 is 10.2 Å². The van der Waals surface area contributed by atoms with E-state index < -0.39 is 0 Å². The Hall–Kier alpha value is -3.36. The zero-order valence-corrected chi connectivity index (χ0v) is 19.9. The number of benzene rings is 2. The van der Waals surface area contributed by atoms with Gasteiger partial charge in [0.2, 0.25) is 0 Å². The molecular formula is C28H33N3O2. The summed E-state index contributed by atoms with van der Waals surface area (Å²) in [4.78, 5) is 19.8. The molecule has 172 valence electrons. The predicted octanol–water partition coefficient (Wildman–Crippen LogP) is 5.00. The van der Waals surface area contributed by atoms with Crippen molar-refractivity contribution in [2.45, 2.75) is 40.2 Å². The maximum absolute atomic E-state index is 12.9. The molecule has 0 bridgehead atoms. The fourth-order valence-corrected chi connectivity index (χ4v) is 3.79. The van der Waals surface area contributed by atoms with Crippen LogP contribution in [0.5, 0.6) is 0 Å². The summed E-state index contributed by atoms with van der Waals surface area (Å²) in [6.07, 6.45) is 9.85. The molecule has 3 rings (SSSR count). The van der Waals surface area contributed by atoms with Crippen molar-refractivity contribution in [2.24, 2.45) is 4.99 Å². The molecule has 1 heterocycles. The Morgan fingerprint density at radius 2 is 1.91 bits per heavy atom. The molecule has 0 saturated carbocycles. The monoisotopic (exact) mass is 443 g/mol. The summed E-state index contributed by atoms with van der Waals surface area (Å²) in [7, 11) is 0. The lowest BCUT2D eigenvalue weighted by Gasteiger charge is -2.30. The summed E-state index contributed by atoms with van der Waals surface area (Å²) < 4.78 is 5.44. The summed E-state index contributed by atoms with van der Waals surface area (Å²) in [6.45, 7) is 10.1. The van der Waals surface area contributed by atoms with Gasteiger partial charge in [0, 0.05) is 49.1 Å². The molecule has 33 heavy (non-hydrogen) atoms. The molecule has 2 aromatic rings. The van der Waals surface area contributed by atoms with Crippen LogP contribution in [-0.2, 0) is 16.1 Å². The van der Waals surface area contributed by atoms with E-state index in [1.54, 1.807) is 12.3 Å². The fourth-order valence-electron chi connectivity index (χ4n) is 3.79. The van der Waals surface area contributed by atoms with E-state index in [1.807, 2.05) is 12.1 Å². The highest BCUT2D eigenvalue weighted by atomic mass is 16.5. The summed E-state index contributed by atoms with van der Waals surface area (Å²) in [6, 6.07) is 12.4. The molecule has 0 atom stereocenters. The van der Waals surface area contributed by atoms with E-state index in [0.29, 0.717) is 25.0 Å². The minimum absolute atomic E-state index is 0.151. The number of ether oxygens (including phenoxy) is 1. The molecular weight excluding hydrogens is 410 g/mol. The minimum Gasteiger partial charge on any atom is -0.378 e. The quantitative estimate of drug-likeness (QED) is 0.355. The van der Waals surface area contributed by atoms with Gasteiger partial charge in [-0.1, -0.05) is 24.3 Å². The number of carbonyl (C=O) groups excluding carboxylic acids is 1. The number of carbonyl (C=O) groups is 1. The summed E-state index contributed by atoms with van der Waals surface area (Å²) in [5, 5.41) is 3.01. The number of rotatable bonds is 8. The number of allylic oxidation sites excluding steroid dienone is 1. The maximum atomic E-state index is 12.9. The summed E-state index contributed by atoms with van der Waals surface area (Å²) in [5.74, 6) is 2.43. The number of anilines is 2. The van der Waals surface area contributed by atoms with Gasteiger partial charge in [0.05, 0.1) is 19.8 Å². The number of terminal acetylenes is 1. The lowest BCUT2D eigenvalue weighted by atomic mass is 10.1. The zero-order chi connectivity index (χ0) is 23.6. The van der Waals surface area contributed by atoms with Crippen LogP contribution in [0.25, 0.3) is 0 Å². The van der Waals surface area contributed by atoms with Gasteiger partial charge in [-0.15, -0.1) is 12.3 Å². The molecule has 0 radical (unpaired) electrons. The highest BCUT2D eigenvalue weighted by Gasteiger charge is 2.14. The van der Waals surface area contributed by atoms with Crippen LogP contribution in [0.3, 0.4) is 0 Å². The largest absolute Gasteiger partial charge is 0.378 e. The fraction of sp³-hybridized carbons (Fsp3) is 0.357. The van der Waals surface area contributed by atoms with Crippen molar-refractivity contribution in [1.82, 2.24) is 0 Å². The van der Waals surface area contributed by atoms with Gasteiger partial charge in [0.25, 0.3) is 5.91 Å². The van der Waals surface area contributed by atoms with Crippen molar-refractivity contribution in [3.63, 3.8) is 0 Å². The van der Waals surface area contributed by atoms with Crippen molar-refractivity contribution < 1.29 is 9.53 Å². The van der Waals surface area contributed by atoms with Crippen molar-refractivity contribution >= 4 is 23.5 Å². The van der Waals surface area contributed by atoms with Gasteiger partial charge in [-0.25, -0.2) is 0 Å². The van der Waals surface area contributed by atoms with E-state index in [-0.39, 0.29) is 5.91 Å². The molecule has 5 heteroatoms. The SMILES string of the molecule is C#CC/C=C(\CC=NCc1ccc(C)c(C)c1)C(=O)Nc1ccc(N2CCOCC2)c(C)c1. The van der Waals surface area contributed by atoms with E-state index in [9.17, 15) is 4.79 Å². The minimum atomic E-state index is -0.151. The second kappa shape index (κ2) is 12.0. The molecule has 1 fully saturated rings. The first-order valence-corrected chi connectivity index (χ1v) is 11.4. The van der Waals surface area contributed by atoms with Crippen LogP contribution in [0, 0.1) is 33.1 Å².